The maximum absolute atomic E-state index is 4.86. The minimum Gasteiger partial charge on any atom is -0.400 e. The molecule has 3 nitrogen and oxygen atoms in total. The van der Waals surface area contributed by atoms with Gasteiger partial charge in [0.25, 0.3) is 0 Å². The van der Waals surface area contributed by atoms with Crippen molar-refractivity contribution in [2.45, 2.75) is 0 Å². The van der Waals surface area contributed by atoms with Gasteiger partial charge >= 0.3 is 7.25 Å². The van der Waals surface area contributed by atoms with Gasteiger partial charge in [0.1, 0.15) is 0 Å². The predicted molar refractivity (Wildman–Crippen MR) is 33.5 cm³/mol. The summed E-state index contributed by atoms with van der Waals surface area (Å²) in [5.41, 5.74) is 0. The quantitative estimate of drug-likeness (QED) is 0.479. The Morgan fingerprint density at radius 1 is 1.12 bits per heavy atom. The first-order valence-corrected chi connectivity index (χ1v) is 2.44. The molecule has 0 spiro atoms. The molecule has 4 heteroatoms. The summed E-state index contributed by atoms with van der Waals surface area (Å²) in [5.74, 6) is 0. The van der Waals surface area contributed by atoms with E-state index in [0.29, 0.717) is 0 Å². The monoisotopic (exact) mass is 117 g/mol. The number of hydrogen-bond acceptors (Lipinski definition) is 3. The van der Waals surface area contributed by atoms with E-state index in [4.69, 9.17) is 9.31 Å². The molecule has 0 bridgehead atoms. The molecule has 0 amide bonds. The Morgan fingerprint density at radius 2 is 1.50 bits per heavy atom. The van der Waals surface area contributed by atoms with Crippen molar-refractivity contribution >= 4 is 7.25 Å². The van der Waals surface area contributed by atoms with Gasteiger partial charge in [-0.2, -0.15) is 0 Å². The van der Waals surface area contributed by atoms with E-state index in [1.165, 1.54) is 0 Å². The van der Waals surface area contributed by atoms with Gasteiger partial charge in [0.2, 0.25) is 0 Å². The number of nitrogens with zero attached hydrogens (tertiary/aromatic N) is 1. The number of hydrogen-bond donors (Lipinski definition) is 0. The van der Waals surface area contributed by atoms with Gasteiger partial charge < -0.3 is 9.31 Å². The molecule has 0 aromatic carbocycles. The highest BCUT2D eigenvalue weighted by atomic mass is 16.6. The van der Waals surface area contributed by atoms with E-state index in [-0.39, 0.29) is 7.25 Å². The molecule has 0 aliphatic carbocycles. The molecule has 0 heterocycles. The third-order valence-corrected chi connectivity index (χ3v) is 0.825. The minimum atomic E-state index is -0.213. The smallest absolute Gasteiger partial charge is 0.400 e. The second-order valence-corrected chi connectivity index (χ2v) is 1.74. The molecule has 0 aromatic rings. The molecule has 0 saturated carbocycles. The molecule has 0 aliphatic rings. The highest BCUT2D eigenvalue weighted by Gasteiger charge is 2.16. The second-order valence-electron chi connectivity index (χ2n) is 1.74. The van der Waals surface area contributed by atoms with Gasteiger partial charge in [0.05, 0.1) is 0 Å². The van der Waals surface area contributed by atoms with Crippen molar-refractivity contribution in [3.63, 3.8) is 0 Å². The van der Waals surface area contributed by atoms with Crippen molar-refractivity contribution in [2.75, 3.05) is 28.3 Å². The standard InChI is InChI=1S/C4H12BNO2/c1-6(2)5(7-3)8-4/h1-4H3. The maximum atomic E-state index is 4.86. The van der Waals surface area contributed by atoms with E-state index in [1.54, 1.807) is 14.2 Å². The first-order valence-electron chi connectivity index (χ1n) is 2.44. The molecule has 0 atom stereocenters. The van der Waals surface area contributed by atoms with Crippen LogP contribution >= 0.6 is 0 Å². The molecule has 0 aromatic heterocycles. The van der Waals surface area contributed by atoms with Crippen LogP contribution in [0.5, 0.6) is 0 Å². The lowest BCUT2D eigenvalue weighted by atomic mass is 10.1. The first-order chi connectivity index (χ1) is 3.72. The molecule has 48 valence electrons. The molecule has 0 fully saturated rings. The van der Waals surface area contributed by atoms with Gasteiger partial charge in [0.15, 0.2) is 0 Å². The third kappa shape index (κ3) is 2.30. The van der Waals surface area contributed by atoms with Crippen molar-refractivity contribution in [1.82, 2.24) is 4.81 Å². The van der Waals surface area contributed by atoms with Crippen LogP contribution in [0.2, 0.25) is 0 Å². The van der Waals surface area contributed by atoms with Crippen LogP contribution in [0.3, 0.4) is 0 Å². The molecule has 0 unspecified atom stereocenters. The molecule has 0 rings (SSSR count). The highest BCUT2D eigenvalue weighted by Crippen LogP contribution is 1.85. The van der Waals surface area contributed by atoms with Crippen molar-refractivity contribution < 1.29 is 9.31 Å². The Bertz CT molecular complexity index is 56.0. The minimum absolute atomic E-state index is 0.213. The third-order valence-electron chi connectivity index (χ3n) is 0.825. The predicted octanol–water partition coefficient (Wildman–Crippen LogP) is -0.174. The summed E-state index contributed by atoms with van der Waals surface area (Å²) in [6.45, 7) is 0. The van der Waals surface area contributed by atoms with E-state index in [2.05, 4.69) is 0 Å². The lowest BCUT2D eigenvalue weighted by molar-refractivity contribution is 0.226. The van der Waals surface area contributed by atoms with Gasteiger partial charge in [-0.1, -0.05) is 0 Å². The Labute approximate surface area is 50.7 Å². The summed E-state index contributed by atoms with van der Waals surface area (Å²) in [5, 5.41) is 0. The maximum Gasteiger partial charge on any atom is 0.556 e. The summed E-state index contributed by atoms with van der Waals surface area (Å²) in [6.07, 6.45) is 0. The van der Waals surface area contributed by atoms with Crippen molar-refractivity contribution in [3.8, 4) is 0 Å². The van der Waals surface area contributed by atoms with Gasteiger partial charge in [-0.3, -0.25) is 4.81 Å². The van der Waals surface area contributed by atoms with E-state index >= 15 is 0 Å². The van der Waals surface area contributed by atoms with Crippen LogP contribution in [0.15, 0.2) is 0 Å². The highest BCUT2D eigenvalue weighted by molar-refractivity contribution is 6.40. The Hall–Kier alpha value is -0.0551. The summed E-state index contributed by atoms with van der Waals surface area (Å²) >= 11 is 0. The van der Waals surface area contributed by atoms with Gasteiger partial charge in [-0.25, -0.2) is 0 Å². The largest absolute Gasteiger partial charge is 0.556 e. The van der Waals surface area contributed by atoms with E-state index in [1.807, 2.05) is 18.9 Å². The van der Waals surface area contributed by atoms with Gasteiger partial charge in [0, 0.05) is 14.2 Å². The fraction of sp³-hybridized carbons (Fsp3) is 1.00. The summed E-state index contributed by atoms with van der Waals surface area (Å²) in [6, 6.07) is 0. The zero-order valence-corrected chi connectivity index (χ0v) is 5.84. The zero-order chi connectivity index (χ0) is 6.57. The molecular formula is C4H12BNO2. The summed E-state index contributed by atoms with van der Waals surface area (Å²) in [7, 11) is 6.77. The van der Waals surface area contributed by atoms with Gasteiger partial charge in [-0.05, 0) is 14.1 Å². The summed E-state index contributed by atoms with van der Waals surface area (Å²) < 4.78 is 9.73. The number of rotatable bonds is 3. The SMILES string of the molecule is COB(OC)N(C)C. The van der Waals surface area contributed by atoms with Crippen LogP contribution in [-0.4, -0.2) is 40.4 Å². The zero-order valence-electron chi connectivity index (χ0n) is 5.84. The molecule has 8 heavy (non-hydrogen) atoms. The topological polar surface area (TPSA) is 21.7 Å². The van der Waals surface area contributed by atoms with Crippen molar-refractivity contribution in [1.29, 1.82) is 0 Å². The fourth-order valence-electron chi connectivity index (χ4n) is 0.518. The lowest BCUT2D eigenvalue weighted by Gasteiger charge is -2.13. The Kier molecular flexibility index (Phi) is 3.86. The van der Waals surface area contributed by atoms with Crippen LogP contribution in [0.4, 0.5) is 0 Å². The van der Waals surface area contributed by atoms with E-state index in [9.17, 15) is 0 Å². The van der Waals surface area contributed by atoms with Crippen LogP contribution in [-0.2, 0) is 9.31 Å². The van der Waals surface area contributed by atoms with Crippen LogP contribution in [0, 0.1) is 0 Å². The molecule has 0 N–H and O–H groups in total. The normalized spacial score (nSPS) is 10.1. The molecule has 0 radical (unpaired) electrons. The summed E-state index contributed by atoms with van der Waals surface area (Å²) in [4.78, 5) is 1.83. The van der Waals surface area contributed by atoms with E-state index in [0.717, 1.165) is 0 Å². The first kappa shape index (κ1) is 7.94. The fourth-order valence-corrected chi connectivity index (χ4v) is 0.518. The van der Waals surface area contributed by atoms with Crippen LogP contribution in [0.1, 0.15) is 0 Å². The van der Waals surface area contributed by atoms with E-state index < -0.39 is 0 Å². The Morgan fingerprint density at radius 3 is 1.50 bits per heavy atom. The van der Waals surface area contributed by atoms with Crippen molar-refractivity contribution in [2.24, 2.45) is 0 Å². The average molecular weight is 117 g/mol. The van der Waals surface area contributed by atoms with Crippen LogP contribution in [0.25, 0.3) is 0 Å². The van der Waals surface area contributed by atoms with Crippen molar-refractivity contribution in [3.05, 3.63) is 0 Å². The molecule has 0 saturated heterocycles. The average Bonchev–Trinajstić information content (AvgIpc) is 1.69. The lowest BCUT2D eigenvalue weighted by Crippen LogP contribution is -2.36. The van der Waals surface area contributed by atoms with Crippen LogP contribution < -0.4 is 0 Å². The molecule has 0 aliphatic heterocycles. The molecular weight excluding hydrogens is 105 g/mol. The Balaban J connectivity index is 3.35. The second kappa shape index (κ2) is 3.89. The van der Waals surface area contributed by atoms with Gasteiger partial charge in [-0.15, -0.1) is 0 Å².